The van der Waals surface area contributed by atoms with Crippen molar-refractivity contribution in [1.82, 2.24) is 9.97 Å². The lowest BCUT2D eigenvalue weighted by Gasteiger charge is -2.08. The number of aromatic nitrogens is 2. The van der Waals surface area contributed by atoms with Crippen LogP contribution < -0.4 is 5.32 Å². The molecule has 1 rings (SSSR count). The molecule has 0 aliphatic heterocycles. The van der Waals surface area contributed by atoms with Gasteiger partial charge in [-0.2, -0.15) is 0 Å². The second kappa shape index (κ2) is 5.15. The van der Waals surface area contributed by atoms with Crippen LogP contribution in [0.5, 0.6) is 0 Å². The lowest BCUT2D eigenvalue weighted by atomic mass is 10.1. The Morgan fingerprint density at radius 3 is 2.71 bits per heavy atom. The number of hydrogen-bond donors (Lipinski definition) is 1. The minimum atomic E-state index is 0.424. The lowest BCUT2D eigenvalue weighted by molar-refractivity contribution is 0.809. The van der Waals surface area contributed by atoms with Gasteiger partial charge in [0.1, 0.15) is 0 Å². The van der Waals surface area contributed by atoms with Gasteiger partial charge >= 0.3 is 0 Å². The quantitative estimate of drug-likeness (QED) is 0.782. The Morgan fingerprint density at radius 2 is 2.14 bits per heavy atom. The molecule has 78 valence electrons. The van der Waals surface area contributed by atoms with Crippen molar-refractivity contribution in [3.05, 3.63) is 17.5 Å². The van der Waals surface area contributed by atoms with Crippen molar-refractivity contribution in [2.45, 2.75) is 26.7 Å². The third-order valence-electron chi connectivity index (χ3n) is 1.84. The van der Waals surface area contributed by atoms with Gasteiger partial charge in [0.15, 0.2) is 0 Å². The summed E-state index contributed by atoms with van der Waals surface area (Å²) in [4.78, 5) is 8.66. The molecule has 0 bridgehead atoms. The molecule has 0 amide bonds. The van der Waals surface area contributed by atoms with Gasteiger partial charge in [-0.15, -0.1) is 11.6 Å². The number of nitrogens with zero attached hydrogens (tertiary/aromatic N) is 2. The van der Waals surface area contributed by atoms with Crippen molar-refractivity contribution < 1.29 is 0 Å². The molecule has 1 N–H and O–H groups in total. The molecule has 14 heavy (non-hydrogen) atoms. The topological polar surface area (TPSA) is 37.8 Å². The van der Waals surface area contributed by atoms with Gasteiger partial charge in [0.25, 0.3) is 0 Å². The van der Waals surface area contributed by atoms with Gasteiger partial charge in [-0.25, -0.2) is 9.97 Å². The van der Waals surface area contributed by atoms with E-state index in [-0.39, 0.29) is 0 Å². The molecule has 0 saturated carbocycles. The van der Waals surface area contributed by atoms with Crippen molar-refractivity contribution >= 4 is 17.5 Å². The van der Waals surface area contributed by atoms with E-state index < -0.39 is 0 Å². The molecule has 0 atom stereocenters. The fourth-order valence-corrected chi connectivity index (χ4v) is 1.22. The third-order valence-corrected chi connectivity index (χ3v) is 2.03. The normalized spacial score (nSPS) is 10.6. The van der Waals surface area contributed by atoms with E-state index in [4.69, 9.17) is 11.6 Å². The molecule has 0 unspecified atom stereocenters. The predicted octanol–water partition coefficient (Wildman–Crippen LogP) is 2.56. The van der Waals surface area contributed by atoms with E-state index in [1.807, 2.05) is 13.0 Å². The van der Waals surface area contributed by atoms with E-state index in [0.29, 0.717) is 24.3 Å². The molecule has 1 heterocycles. The number of rotatable bonds is 4. The summed E-state index contributed by atoms with van der Waals surface area (Å²) in [6, 6.07) is 2.01. The van der Waals surface area contributed by atoms with Gasteiger partial charge in [-0.1, -0.05) is 13.8 Å². The highest BCUT2D eigenvalue weighted by Gasteiger charge is 2.04. The molecule has 0 saturated heterocycles. The van der Waals surface area contributed by atoms with Crippen LogP contribution in [0.2, 0.25) is 0 Å². The van der Waals surface area contributed by atoms with E-state index in [2.05, 4.69) is 29.1 Å². The summed E-state index contributed by atoms with van der Waals surface area (Å²) in [5.41, 5.74) is 2.05. The third kappa shape index (κ3) is 3.14. The van der Waals surface area contributed by atoms with Gasteiger partial charge in [0.2, 0.25) is 5.95 Å². The van der Waals surface area contributed by atoms with Crippen LogP contribution in [0.4, 0.5) is 5.95 Å². The predicted molar refractivity (Wildman–Crippen MR) is 60.1 cm³/mol. The first-order chi connectivity index (χ1) is 6.63. The van der Waals surface area contributed by atoms with Crippen LogP contribution in [-0.2, 0) is 0 Å². The zero-order chi connectivity index (χ0) is 10.6. The molecule has 0 aliphatic rings. The first kappa shape index (κ1) is 11.2. The van der Waals surface area contributed by atoms with Crippen molar-refractivity contribution in [3.63, 3.8) is 0 Å². The number of alkyl halides is 1. The molecular formula is C10H16ClN3. The molecule has 0 aromatic carbocycles. The van der Waals surface area contributed by atoms with Crippen molar-refractivity contribution in [2.75, 3.05) is 17.7 Å². The Labute approximate surface area is 89.9 Å². The zero-order valence-electron chi connectivity index (χ0n) is 8.84. The number of aryl methyl sites for hydroxylation is 1. The van der Waals surface area contributed by atoms with Crippen LogP contribution in [0, 0.1) is 6.92 Å². The van der Waals surface area contributed by atoms with E-state index in [9.17, 15) is 0 Å². The summed E-state index contributed by atoms with van der Waals surface area (Å²) in [7, 11) is 0. The fourth-order valence-electron chi connectivity index (χ4n) is 1.13. The number of anilines is 1. The second-order valence-electron chi connectivity index (χ2n) is 3.53. The molecule has 0 radical (unpaired) electrons. The van der Waals surface area contributed by atoms with Gasteiger partial charge in [-0.05, 0) is 18.9 Å². The summed E-state index contributed by atoms with van der Waals surface area (Å²) in [5.74, 6) is 1.66. The average Bonchev–Trinajstić information content (AvgIpc) is 2.14. The summed E-state index contributed by atoms with van der Waals surface area (Å²) < 4.78 is 0. The van der Waals surface area contributed by atoms with Crippen LogP contribution in [0.25, 0.3) is 0 Å². The first-order valence-corrected chi connectivity index (χ1v) is 5.32. The Hall–Kier alpha value is -0.830. The zero-order valence-corrected chi connectivity index (χ0v) is 9.60. The highest BCUT2D eigenvalue weighted by molar-refractivity contribution is 6.18. The Bertz CT molecular complexity index is 299. The van der Waals surface area contributed by atoms with E-state index in [1.165, 1.54) is 0 Å². The van der Waals surface area contributed by atoms with Gasteiger partial charge in [0.05, 0.1) is 0 Å². The van der Waals surface area contributed by atoms with Crippen LogP contribution in [0.3, 0.4) is 0 Å². The monoisotopic (exact) mass is 213 g/mol. The molecule has 1 aromatic rings. The lowest BCUT2D eigenvalue weighted by Crippen LogP contribution is -2.09. The van der Waals surface area contributed by atoms with Crippen LogP contribution >= 0.6 is 11.6 Å². The van der Waals surface area contributed by atoms with E-state index >= 15 is 0 Å². The minimum absolute atomic E-state index is 0.424. The maximum atomic E-state index is 5.58. The maximum Gasteiger partial charge on any atom is 0.223 e. The van der Waals surface area contributed by atoms with Crippen LogP contribution in [-0.4, -0.2) is 22.4 Å². The van der Waals surface area contributed by atoms with Crippen LogP contribution in [0.15, 0.2) is 6.07 Å². The molecule has 0 aliphatic carbocycles. The SMILES string of the molecule is Cc1cc(C(C)C)nc(NCCCl)n1. The average molecular weight is 214 g/mol. The van der Waals surface area contributed by atoms with Gasteiger partial charge in [-0.3, -0.25) is 0 Å². The highest BCUT2D eigenvalue weighted by atomic mass is 35.5. The summed E-state index contributed by atoms with van der Waals surface area (Å²) in [5, 5.41) is 3.08. The Balaban J connectivity index is 2.84. The highest BCUT2D eigenvalue weighted by Crippen LogP contribution is 2.14. The number of nitrogens with one attached hydrogen (secondary N) is 1. The smallest absolute Gasteiger partial charge is 0.223 e. The molecular weight excluding hydrogens is 198 g/mol. The molecule has 0 spiro atoms. The van der Waals surface area contributed by atoms with E-state index in [1.54, 1.807) is 0 Å². The van der Waals surface area contributed by atoms with Crippen LogP contribution in [0.1, 0.15) is 31.2 Å². The van der Waals surface area contributed by atoms with E-state index in [0.717, 1.165) is 11.4 Å². The minimum Gasteiger partial charge on any atom is -0.353 e. The first-order valence-electron chi connectivity index (χ1n) is 4.79. The Morgan fingerprint density at radius 1 is 1.43 bits per heavy atom. The standard InChI is InChI=1S/C10H16ClN3/c1-7(2)9-6-8(3)13-10(14-9)12-5-4-11/h6-7H,4-5H2,1-3H3,(H,12,13,14). The Kier molecular flexibility index (Phi) is 4.14. The van der Waals surface area contributed by atoms with Crippen molar-refractivity contribution in [1.29, 1.82) is 0 Å². The number of hydrogen-bond acceptors (Lipinski definition) is 3. The van der Waals surface area contributed by atoms with Crippen molar-refractivity contribution in [2.24, 2.45) is 0 Å². The van der Waals surface area contributed by atoms with Gasteiger partial charge in [0, 0.05) is 23.8 Å². The largest absolute Gasteiger partial charge is 0.353 e. The van der Waals surface area contributed by atoms with Crippen molar-refractivity contribution in [3.8, 4) is 0 Å². The molecule has 3 nitrogen and oxygen atoms in total. The molecule has 1 aromatic heterocycles. The molecule has 0 fully saturated rings. The maximum absolute atomic E-state index is 5.58. The second-order valence-corrected chi connectivity index (χ2v) is 3.91. The summed E-state index contributed by atoms with van der Waals surface area (Å²) >= 11 is 5.58. The summed E-state index contributed by atoms with van der Waals surface area (Å²) in [6.07, 6.45) is 0. The number of halogens is 1. The summed E-state index contributed by atoms with van der Waals surface area (Å²) in [6.45, 7) is 6.90. The van der Waals surface area contributed by atoms with Gasteiger partial charge < -0.3 is 5.32 Å². The molecule has 4 heteroatoms. The fraction of sp³-hybridized carbons (Fsp3) is 0.600.